The first-order valence-electron chi connectivity index (χ1n) is 13.1. The van der Waals surface area contributed by atoms with E-state index in [1.807, 2.05) is 23.9 Å². The molecular weight excluding hydrogens is 518 g/mol. The van der Waals surface area contributed by atoms with E-state index in [1.54, 1.807) is 0 Å². The highest BCUT2D eigenvalue weighted by atomic mass is 35.5. The van der Waals surface area contributed by atoms with Crippen molar-refractivity contribution in [2.75, 3.05) is 9.91 Å². The summed E-state index contributed by atoms with van der Waals surface area (Å²) in [5, 5.41) is 8.55. The standard InChI is InChI=1S/C34H26ClN3S/c35-29-21-11-10-20-28(29)32-24-34(26-16-6-2-7-17-26)37(30-22-12-13-23-31(30)39-32)33(25-14-4-1-5-15-25)36-38(34)27-18-8-3-9-19-27/h1-23,32H,24H2/t32-,34+/m0/s1. The number of hydrogen-bond acceptors (Lipinski definition) is 4. The van der Waals surface area contributed by atoms with Crippen molar-refractivity contribution in [3.05, 3.63) is 161 Å². The summed E-state index contributed by atoms with van der Waals surface area (Å²) in [5.74, 6) is 0.927. The summed E-state index contributed by atoms with van der Waals surface area (Å²) in [6.07, 6.45) is 0.759. The first-order valence-corrected chi connectivity index (χ1v) is 14.4. The number of benzene rings is 5. The lowest BCUT2D eigenvalue weighted by Gasteiger charge is -2.45. The highest BCUT2D eigenvalue weighted by Crippen LogP contribution is 2.58. The zero-order chi connectivity index (χ0) is 26.2. The van der Waals surface area contributed by atoms with Crippen LogP contribution < -0.4 is 9.91 Å². The zero-order valence-electron chi connectivity index (χ0n) is 21.2. The number of rotatable bonds is 4. The molecule has 2 heterocycles. The second-order valence-electron chi connectivity index (χ2n) is 9.75. The van der Waals surface area contributed by atoms with Crippen LogP contribution in [0, 0.1) is 0 Å². The fourth-order valence-corrected chi connectivity index (χ4v) is 7.50. The maximum atomic E-state index is 6.88. The molecule has 0 unspecified atom stereocenters. The van der Waals surface area contributed by atoms with Crippen LogP contribution in [0.2, 0.25) is 5.02 Å². The summed E-state index contributed by atoms with van der Waals surface area (Å²) in [4.78, 5) is 3.67. The SMILES string of the molecule is Clc1ccccc1[C@@H]1C[C@]2(c3ccccc3)N(c3ccccc3)N=C(c3ccccc3)N2c2ccccc2S1. The minimum Gasteiger partial charge on any atom is -0.294 e. The predicted octanol–water partition coefficient (Wildman–Crippen LogP) is 9.12. The van der Waals surface area contributed by atoms with Crippen molar-refractivity contribution in [1.82, 2.24) is 0 Å². The number of anilines is 2. The van der Waals surface area contributed by atoms with Gasteiger partial charge in [-0.1, -0.05) is 121 Å². The van der Waals surface area contributed by atoms with Gasteiger partial charge >= 0.3 is 0 Å². The molecule has 3 nitrogen and oxygen atoms in total. The van der Waals surface area contributed by atoms with Crippen LogP contribution in [-0.4, -0.2) is 5.84 Å². The molecule has 2 atom stereocenters. The van der Waals surface area contributed by atoms with Gasteiger partial charge in [-0.2, -0.15) is 5.10 Å². The van der Waals surface area contributed by atoms with Crippen molar-refractivity contribution in [1.29, 1.82) is 0 Å². The lowest BCUT2D eigenvalue weighted by molar-refractivity contribution is 0.407. The van der Waals surface area contributed by atoms with Crippen LogP contribution in [0.25, 0.3) is 0 Å². The molecule has 0 saturated heterocycles. The normalized spacial score (nSPS) is 20.1. The molecule has 5 aromatic carbocycles. The fourth-order valence-electron chi connectivity index (χ4n) is 5.78. The third-order valence-corrected chi connectivity index (χ3v) is 9.14. The van der Waals surface area contributed by atoms with Crippen molar-refractivity contribution in [3.63, 3.8) is 0 Å². The number of halogens is 1. The Morgan fingerprint density at radius 2 is 1.31 bits per heavy atom. The van der Waals surface area contributed by atoms with Gasteiger partial charge in [0.25, 0.3) is 0 Å². The van der Waals surface area contributed by atoms with Gasteiger partial charge < -0.3 is 0 Å². The van der Waals surface area contributed by atoms with E-state index < -0.39 is 5.66 Å². The van der Waals surface area contributed by atoms with Crippen LogP contribution in [0.15, 0.2) is 150 Å². The molecular formula is C34H26ClN3S. The molecule has 190 valence electrons. The molecule has 0 radical (unpaired) electrons. The molecule has 7 rings (SSSR count). The largest absolute Gasteiger partial charge is 0.294 e. The van der Waals surface area contributed by atoms with Crippen molar-refractivity contribution in [2.24, 2.45) is 5.10 Å². The van der Waals surface area contributed by atoms with Crippen LogP contribution in [0.3, 0.4) is 0 Å². The van der Waals surface area contributed by atoms with E-state index in [0.29, 0.717) is 0 Å². The van der Waals surface area contributed by atoms with Crippen LogP contribution in [-0.2, 0) is 5.66 Å². The van der Waals surface area contributed by atoms with E-state index in [2.05, 4.69) is 137 Å². The molecule has 0 saturated carbocycles. The lowest BCUT2D eigenvalue weighted by atomic mass is 9.88. The maximum Gasteiger partial charge on any atom is 0.167 e. The average molecular weight is 544 g/mol. The summed E-state index contributed by atoms with van der Waals surface area (Å²) in [5.41, 5.74) is 4.93. The number of amidine groups is 1. The predicted molar refractivity (Wildman–Crippen MR) is 164 cm³/mol. The van der Waals surface area contributed by atoms with Crippen LogP contribution in [0.5, 0.6) is 0 Å². The van der Waals surface area contributed by atoms with Gasteiger partial charge in [-0.15, -0.1) is 11.8 Å². The molecule has 2 aliphatic heterocycles. The number of nitrogens with zero attached hydrogens (tertiary/aromatic N) is 3. The summed E-state index contributed by atoms with van der Waals surface area (Å²) >= 11 is 8.76. The first kappa shape index (κ1) is 24.1. The average Bonchev–Trinajstić information content (AvgIpc) is 3.26. The number of para-hydroxylation sites is 2. The fraction of sp³-hybridized carbons (Fsp3) is 0.0882. The van der Waals surface area contributed by atoms with E-state index in [9.17, 15) is 0 Å². The summed E-state index contributed by atoms with van der Waals surface area (Å²) in [6, 6.07) is 48.8. The molecule has 0 N–H and O–H groups in total. The minimum atomic E-state index is -0.642. The Balaban J connectivity index is 1.56. The molecule has 0 fully saturated rings. The van der Waals surface area contributed by atoms with E-state index in [0.717, 1.165) is 39.8 Å². The summed E-state index contributed by atoms with van der Waals surface area (Å²) in [7, 11) is 0. The molecule has 0 bridgehead atoms. The van der Waals surface area contributed by atoms with E-state index in [1.165, 1.54) is 10.5 Å². The van der Waals surface area contributed by atoms with Crippen molar-refractivity contribution in [2.45, 2.75) is 22.2 Å². The van der Waals surface area contributed by atoms with E-state index >= 15 is 0 Å². The molecule has 39 heavy (non-hydrogen) atoms. The van der Waals surface area contributed by atoms with Crippen LogP contribution in [0.4, 0.5) is 11.4 Å². The lowest BCUT2D eigenvalue weighted by Crippen LogP contribution is -2.54. The van der Waals surface area contributed by atoms with Crippen LogP contribution >= 0.6 is 23.4 Å². The third-order valence-electron chi connectivity index (χ3n) is 7.49. The van der Waals surface area contributed by atoms with Crippen LogP contribution in [0.1, 0.15) is 28.4 Å². The van der Waals surface area contributed by atoms with Gasteiger partial charge in [0.05, 0.1) is 11.4 Å². The molecule has 5 aromatic rings. The second kappa shape index (κ2) is 9.96. The molecule has 2 aliphatic rings. The number of hydrazone groups is 1. The Bertz CT molecular complexity index is 1640. The Hall–Kier alpha value is -3.99. The van der Waals surface area contributed by atoms with Gasteiger partial charge in [0.2, 0.25) is 0 Å². The van der Waals surface area contributed by atoms with Crippen molar-refractivity contribution < 1.29 is 0 Å². The van der Waals surface area contributed by atoms with Gasteiger partial charge in [0.15, 0.2) is 11.5 Å². The summed E-state index contributed by atoms with van der Waals surface area (Å²) < 4.78 is 0. The van der Waals surface area contributed by atoms with Gasteiger partial charge in [-0.05, 0) is 35.9 Å². The van der Waals surface area contributed by atoms with Gasteiger partial charge in [0.1, 0.15) is 0 Å². The molecule has 0 amide bonds. The Labute approximate surface area is 238 Å². The second-order valence-corrected chi connectivity index (χ2v) is 11.4. The maximum absolute atomic E-state index is 6.88. The topological polar surface area (TPSA) is 18.8 Å². The monoisotopic (exact) mass is 543 g/mol. The number of fused-ring (bicyclic) bond motifs is 3. The Morgan fingerprint density at radius 1 is 0.692 bits per heavy atom. The third kappa shape index (κ3) is 4.03. The first-order chi connectivity index (χ1) is 19.3. The van der Waals surface area contributed by atoms with E-state index in [4.69, 9.17) is 16.7 Å². The zero-order valence-corrected chi connectivity index (χ0v) is 22.8. The highest BCUT2D eigenvalue weighted by Gasteiger charge is 2.55. The van der Waals surface area contributed by atoms with Gasteiger partial charge in [-0.3, -0.25) is 4.90 Å². The van der Waals surface area contributed by atoms with Gasteiger partial charge in [-0.25, -0.2) is 5.01 Å². The van der Waals surface area contributed by atoms with E-state index in [-0.39, 0.29) is 5.25 Å². The molecule has 0 aromatic heterocycles. The number of thioether (sulfide) groups is 1. The molecule has 0 aliphatic carbocycles. The van der Waals surface area contributed by atoms with Crippen molar-refractivity contribution >= 4 is 40.6 Å². The Morgan fingerprint density at radius 3 is 2.05 bits per heavy atom. The highest BCUT2D eigenvalue weighted by molar-refractivity contribution is 7.99. The van der Waals surface area contributed by atoms with Crippen molar-refractivity contribution in [3.8, 4) is 0 Å². The Kier molecular flexibility index (Phi) is 6.15. The quantitative estimate of drug-likeness (QED) is 0.225. The molecule has 5 heteroatoms. The molecule has 0 spiro atoms. The number of hydrogen-bond donors (Lipinski definition) is 0. The summed E-state index contributed by atoms with van der Waals surface area (Å²) in [6.45, 7) is 0. The minimum absolute atomic E-state index is 0.0848. The van der Waals surface area contributed by atoms with Gasteiger partial charge in [0, 0.05) is 32.7 Å². The smallest absolute Gasteiger partial charge is 0.167 e.